The van der Waals surface area contributed by atoms with Crippen LogP contribution in [0.4, 0.5) is 10.7 Å². The summed E-state index contributed by atoms with van der Waals surface area (Å²) in [6.07, 6.45) is 1.76. The Morgan fingerprint density at radius 1 is 1.06 bits per heavy atom. The lowest BCUT2D eigenvalue weighted by Gasteiger charge is -2.02. The van der Waals surface area contributed by atoms with E-state index in [4.69, 9.17) is 11.6 Å². The second kappa shape index (κ2) is 4.35. The summed E-state index contributed by atoms with van der Waals surface area (Å²) < 4.78 is 1.09. The molecule has 0 aliphatic heterocycles. The van der Waals surface area contributed by atoms with E-state index in [2.05, 4.69) is 10.3 Å². The Morgan fingerprint density at radius 2 is 1.88 bits per heavy atom. The van der Waals surface area contributed by atoms with Crippen molar-refractivity contribution >= 4 is 43.8 Å². The Kier molecular flexibility index (Phi) is 2.71. The predicted octanol–water partition coefficient (Wildman–Crippen LogP) is 4.69. The van der Waals surface area contributed by atoms with Crippen LogP contribution in [0.25, 0.3) is 10.2 Å². The summed E-state index contributed by atoms with van der Waals surface area (Å²) in [5.41, 5.74) is 1.89. The van der Waals surface area contributed by atoms with Crippen molar-refractivity contribution in [2.45, 2.75) is 0 Å². The third kappa shape index (κ3) is 1.99. The highest BCUT2D eigenvalue weighted by atomic mass is 35.5. The molecule has 0 amide bonds. The van der Waals surface area contributed by atoms with Gasteiger partial charge in [-0.3, -0.25) is 4.98 Å². The van der Waals surface area contributed by atoms with Gasteiger partial charge in [-0.1, -0.05) is 29.8 Å². The Hall–Kier alpha value is -1.58. The standard InChI is InChI=1S/C13H9ClN2S/c14-11-12-10(7-4-8-15-12)17-13(11)16-9-5-2-1-3-6-9/h1-8,16H. The molecular formula is C13H9ClN2S. The zero-order valence-electron chi connectivity index (χ0n) is 8.85. The molecule has 0 radical (unpaired) electrons. The third-order valence-electron chi connectivity index (χ3n) is 2.42. The molecule has 3 aromatic rings. The van der Waals surface area contributed by atoms with Crippen LogP contribution in [0.5, 0.6) is 0 Å². The topological polar surface area (TPSA) is 24.9 Å². The fourth-order valence-electron chi connectivity index (χ4n) is 1.63. The minimum Gasteiger partial charge on any atom is -0.346 e. The molecule has 2 nitrogen and oxygen atoms in total. The van der Waals surface area contributed by atoms with Crippen LogP contribution >= 0.6 is 22.9 Å². The Labute approximate surface area is 108 Å². The van der Waals surface area contributed by atoms with Crippen LogP contribution < -0.4 is 5.32 Å². The summed E-state index contributed by atoms with van der Waals surface area (Å²) in [6.45, 7) is 0. The number of anilines is 2. The summed E-state index contributed by atoms with van der Waals surface area (Å²) in [4.78, 5) is 4.28. The molecule has 0 spiro atoms. The first-order valence-corrected chi connectivity index (χ1v) is 6.39. The van der Waals surface area contributed by atoms with Gasteiger partial charge in [0.15, 0.2) is 0 Å². The number of pyridine rings is 1. The van der Waals surface area contributed by atoms with E-state index >= 15 is 0 Å². The normalized spacial score (nSPS) is 10.6. The molecule has 0 saturated heterocycles. The van der Waals surface area contributed by atoms with Gasteiger partial charge in [0.1, 0.15) is 15.5 Å². The maximum absolute atomic E-state index is 6.29. The van der Waals surface area contributed by atoms with E-state index in [1.807, 2.05) is 42.5 Å². The van der Waals surface area contributed by atoms with Gasteiger partial charge in [-0.2, -0.15) is 0 Å². The maximum Gasteiger partial charge on any atom is 0.115 e. The lowest BCUT2D eigenvalue weighted by molar-refractivity contribution is 1.43. The summed E-state index contributed by atoms with van der Waals surface area (Å²) in [7, 11) is 0. The number of aromatic nitrogens is 1. The molecule has 1 N–H and O–H groups in total. The molecule has 0 bridgehead atoms. The number of nitrogens with zero attached hydrogens (tertiary/aromatic N) is 1. The highest BCUT2D eigenvalue weighted by Crippen LogP contribution is 2.39. The Bertz CT molecular complexity index is 649. The smallest absolute Gasteiger partial charge is 0.115 e. The fraction of sp³-hybridized carbons (Fsp3) is 0. The zero-order valence-corrected chi connectivity index (χ0v) is 10.4. The van der Waals surface area contributed by atoms with Gasteiger partial charge in [-0.15, -0.1) is 11.3 Å². The van der Waals surface area contributed by atoms with Crippen LogP contribution in [0, 0.1) is 0 Å². The third-order valence-corrected chi connectivity index (χ3v) is 3.96. The maximum atomic E-state index is 6.29. The quantitative estimate of drug-likeness (QED) is 0.723. The van der Waals surface area contributed by atoms with E-state index in [1.54, 1.807) is 17.5 Å². The molecule has 0 saturated carbocycles. The first-order chi connectivity index (χ1) is 8.34. The SMILES string of the molecule is Clc1c(Nc2ccccc2)sc2cccnc12. The highest BCUT2D eigenvalue weighted by Gasteiger charge is 2.10. The summed E-state index contributed by atoms with van der Waals surface area (Å²) >= 11 is 7.91. The molecule has 1 aromatic carbocycles. The number of fused-ring (bicyclic) bond motifs is 1. The first kappa shape index (κ1) is 10.6. The molecule has 17 heavy (non-hydrogen) atoms. The molecule has 0 aliphatic carbocycles. The molecule has 2 aromatic heterocycles. The molecule has 84 valence electrons. The van der Waals surface area contributed by atoms with E-state index < -0.39 is 0 Å². The van der Waals surface area contributed by atoms with E-state index in [-0.39, 0.29) is 0 Å². The number of thiophene rings is 1. The second-order valence-corrected chi connectivity index (χ2v) is 5.02. The van der Waals surface area contributed by atoms with Crippen molar-refractivity contribution in [3.63, 3.8) is 0 Å². The lowest BCUT2D eigenvalue weighted by Crippen LogP contribution is -1.86. The summed E-state index contributed by atoms with van der Waals surface area (Å²) in [5, 5.41) is 4.93. The van der Waals surface area contributed by atoms with Gasteiger partial charge in [-0.05, 0) is 24.3 Å². The van der Waals surface area contributed by atoms with Gasteiger partial charge in [0.25, 0.3) is 0 Å². The van der Waals surface area contributed by atoms with Crippen LogP contribution in [0.3, 0.4) is 0 Å². The number of nitrogens with one attached hydrogen (secondary N) is 1. The molecule has 0 unspecified atom stereocenters. The van der Waals surface area contributed by atoms with Gasteiger partial charge in [0.05, 0.1) is 4.70 Å². The average Bonchev–Trinajstić information content (AvgIpc) is 2.68. The van der Waals surface area contributed by atoms with Gasteiger partial charge in [0.2, 0.25) is 0 Å². The first-order valence-electron chi connectivity index (χ1n) is 5.20. The molecular weight excluding hydrogens is 252 g/mol. The van der Waals surface area contributed by atoms with E-state index in [0.717, 1.165) is 20.9 Å². The van der Waals surface area contributed by atoms with Gasteiger partial charge in [0, 0.05) is 11.9 Å². The minimum atomic E-state index is 0.689. The van der Waals surface area contributed by atoms with Crippen molar-refractivity contribution < 1.29 is 0 Å². The highest BCUT2D eigenvalue weighted by molar-refractivity contribution is 7.23. The molecule has 3 rings (SSSR count). The number of para-hydroxylation sites is 1. The monoisotopic (exact) mass is 260 g/mol. The Morgan fingerprint density at radius 3 is 2.65 bits per heavy atom. The van der Waals surface area contributed by atoms with Crippen LogP contribution in [0.1, 0.15) is 0 Å². The lowest BCUT2D eigenvalue weighted by atomic mass is 10.3. The van der Waals surface area contributed by atoms with Crippen LogP contribution in [0.15, 0.2) is 48.7 Å². The number of halogens is 1. The minimum absolute atomic E-state index is 0.689. The van der Waals surface area contributed by atoms with E-state index in [1.165, 1.54) is 0 Å². The van der Waals surface area contributed by atoms with Crippen molar-refractivity contribution in [1.82, 2.24) is 4.98 Å². The van der Waals surface area contributed by atoms with Crippen molar-refractivity contribution in [3.8, 4) is 0 Å². The van der Waals surface area contributed by atoms with Gasteiger partial charge >= 0.3 is 0 Å². The predicted molar refractivity (Wildman–Crippen MR) is 74.4 cm³/mol. The van der Waals surface area contributed by atoms with Crippen LogP contribution in [-0.2, 0) is 0 Å². The molecule has 2 heterocycles. The zero-order chi connectivity index (χ0) is 11.7. The number of benzene rings is 1. The number of rotatable bonds is 2. The second-order valence-electron chi connectivity index (χ2n) is 3.59. The Balaban J connectivity index is 2.04. The molecule has 0 aliphatic rings. The van der Waals surface area contributed by atoms with Crippen molar-refractivity contribution in [2.75, 3.05) is 5.32 Å². The number of hydrogen-bond donors (Lipinski definition) is 1. The van der Waals surface area contributed by atoms with E-state index in [0.29, 0.717) is 5.02 Å². The van der Waals surface area contributed by atoms with Crippen molar-refractivity contribution in [2.24, 2.45) is 0 Å². The molecule has 4 heteroatoms. The molecule has 0 atom stereocenters. The van der Waals surface area contributed by atoms with Crippen LogP contribution in [-0.4, -0.2) is 4.98 Å². The van der Waals surface area contributed by atoms with Gasteiger partial charge < -0.3 is 5.32 Å². The summed E-state index contributed by atoms with van der Waals surface area (Å²) in [6, 6.07) is 13.9. The van der Waals surface area contributed by atoms with E-state index in [9.17, 15) is 0 Å². The van der Waals surface area contributed by atoms with Gasteiger partial charge in [-0.25, -0.2) is 0 Å². The van der Waals surface area contributed by atoms with Crippen molar-refractivity contribution in [1.29, 1.82) is 0 Å². The molecule has 0 fully saturated rings. The number of hydrogen-bond acceptors (Lipinski definition) is 3. The summed E-state index contributed by atoms with van der Waals surface area (Å²) in [5.74, 6) is 0. The average molecular weight is 261 g/mol. The fourth-order valence-corrected chi connectivity index (χ4v) is 2.98. The largest absolute Gasteiger partial charge is 0.346 e. The van der Waals surface area contributed by atoms with Crippen LogP contribution in [0.2, 0.25) is 5.02 Å². The van der Waals surface area contributed by atoms with Crippen molar-refractivity contribution in [3.05, 3.63) is 53.7 Å².